The number of esters is 1. The lowest BCUT2D eigenvalue weighted by Crippen LogP contribution is -2.42. The van der Waals surface area contributed by atoms with Gasteiger partial charge in [0.2, 0.25) is 6.54 Å². The lowest BCUT2D eigenvalue weighted by molar-refractivity contribution is -0.692. The summed E-state index contributed by atoms with van der Waals surface area (Å²) < 4.78 is 6.62. The van der Waals surface area contributed by atoms with Crippen molar-refractivity contribution in [1.82, 2.24) is 0 Å². The Morgan fingerprint density at radius 2 is 1.83 bits per heavy atom. The van der Waals surface area contributed by atoms with E-state index < -0.39 is 0 Å². The minimum absolute atomic E-state index is 0.236. The third kappa shape index (κ3) is 3.17. The number of carbonyl (C=O) groups excluding carboxylic acids is 1. The van der Waals surface area contributed by atoms with Gasteiger partial charge in [-0.2, -0.15) is 4.57 Å². The molecule has 3 heteroatoms. The Labute approximate surface area is 107 Å². The van der Waals surface area contributed by atoms with Crippen LogP contribution in [0.15, 0.2) is 54.7 Å². The average molecular weight is 242 g/mol. The first-order valence-electron chi connectivity index (χ1n) is 5.87. The van der Waals surface area contributed by atoms with Gasteiger partial charge in [-0.1, -0.05) is 36.4 Å². The predicted molar refractivity (Wildman–Crippen MR) is 67.9 cm³/mol. The summed E-state index contributed by atoms with van der Waals surface area (Å²) in [5.74, 6) is -0.236. The summed E-state index contributed by atoms with van der Waals surface area (Å²) in [7, 11) is 1.41. The lowest BCUT2D eigenvalue weighted by atomic mass is 10.1. The number of aromatic nitrogens is 1. The minimum atomic E-state index is -0.236. The monoisotopic (exact) mass is 242 g/mol. The van der Waals surface area contributed by atoms with Crippen LogP contribution in [0.4, 0.5) is 0 Å². The molecule has 1 aromatic carbocycles. The Bertz CT molecular complexity index is 523. The molecule has 0 unspecified atom stereocenters. The van der Waals surface area contributed by atoms with Gasteiger partial charge in [-0.3, -0.25) is 0 Å². The topological polar surface area (TPSA) is 30.2 Å². The van der Waals surface area contributed by atoms with E-state index in [1.807, 2.05) is 47.2 Å². The molecule has 2 rings (SSSR count). The van der Waals surface area contributed by atoms with Gasteiger partial charge in [0.25, 0.3) is 0 Å². The van der Waals surface area contributed by atoms with Gasteiger partial charge < -0.3 is 4.74 Å². The second kappa shape index (κ2) is 5.96. The highest BCUT2D eigenvalue weighted by Crippen LogP contribution is 2.05. The van der Waals surface area contributed by atoms with Crippen molar-refractivity contribution in [2.45, 2.75) is 13.0 Å². The van der Waals surface area contributed by atoms with E-state index in [-0.39, 0.29) is 12.5 Å². The quantitative estimate of drug-likeness (QED) is 0.604. The van der Waals surface area contributed by atoms with Crippen LogP contribution in [-0.4, -0.2) is 13.1 Å². The van der Waals surface area contributed by atoms with E-state index >= 15 is 0 Å². The Hall–Kier alpha value is -2.16. The maximum absolute atomic E-state index is 11.3. The van der Waals surface area contributed by atoms with Crippen molar-refractivity contribution >= 4 is 5.97 Å². The molecule has 0 saturated heterocycles. The average Bonchev–Trinajstić information content (AvgIpc) is 2.42. The number of hydrogen-bond donors (Lipinski definition) is 0. The molecule has 0 amide bonds. The van der Waals surface area contributed by atoms with E-state index in [0.29, 0.717) is 0 Å². The molecule has 92 valence electrons. The van der Waals surface area contributed by atoms with Crippen LogP contribution >= 0.6 is 0 Å². The van der Waals surface area contributed by atoms with Crippen molar-refractivity contribution in [2.75, 3.05) is 7.11 Å². The molecule has 0 saturated carbocycles. The van der Waals surface area contributed by atoms with Crippen LogP contribution in [-0.2, 0) is 22.5 Å². The van der Waals surface area contributed by atoms with E-state index in [0.717, 1.165) is 12.1 Å². The van der Waals surface area contributed by atoms with Gasteiger partial charge in [-0.15, -0.1) is 0 Å². The number of hydrogen-bond acceptors (Lipinski definition) is 2. The Balaban J connectivity index is 2.20. The van der Waals surface area contributed by atoms with Crippen LogP contribution in [0.3, 0.4) is 0 Å². The van der Waals surface area contributed by atoms with Gasteiger partial charge in [0.15, 0.2) is 11.9 Å². The zero-order valence-electron chi connectivity index (χ0n) is 10.4. The van der Waals surface area contributed by atoms with Crippen LogP contribution < -0.4 is 4.57 Å². The van der Waals surface area contributed by atoms with E-state index in [1.165, 1.54) is 12.7 Å². The Morgan fingerprint density at radius 3 is 2.56 bits per heavy atom. The van der Waals surface area contributed by atoms with Gasteiger partial charge in [-0.05, 0) is 5.56 Å². The first-order valence-corrected chi connectivity index (χ1v) is 5.87. The number of methoxy groups -OCH3 is 1. The zero-order valence-corrected chi connectivity index (χ0v) is 10.4. The van der Waals surface area contributed by atoms with E-state index in [1.54, 1.807) is 0 Å². The second-order valence-corrected chi connectivity index (χ2v) is 4.06. The smallest absolute Gasteiger partial charge is 0.372 e. The Morgan fingerprint density at radius 1 is 1.11 bits per heavy atom. The molecule has 0 N–H and O–H groups in total. The van der Waals surface area contributed by atoms with Crippen LogP contribution in [0.2, 0.25) is 0 Å². The van der Waals surface area contributed by atoms with E-state index in [4.69, 9.17) is 4.74 Å². The van der Waals surface area contributed by atoms with Crippen molar-refractivity contribution < 1.29 is 14.1 Å². The number of nitrogens with zero attached hydrogens (tertiary/aromatic N) is 1. The molecule has 0 fully saturated rings. The highest BCUT2D eigenvalue weighted by Gasteiger charge is 2.14. The van der Waals surface area contributed by atoms with Crippen LogP contribution in [0, 0.1) is 0 Å². The van der Waals surface area contributed by atoms with Gasteiger partial charge in [0.1, 0.15) is 0 Å². The molecular weight excluding hydrogens is 226 g/mol. The maximum atomic E-state index is 11.3. The highest BCUT2D eigenvalue weighted by atomic mass is 16.5. The van der Waals surface area contributed by atoms with E-state index in [2.05, 4.69) is 12.1 Å². The van der Waals surface area contributed by atoms with Crippen molar-refractivity contribution in [1.29, 1.82) is 0 Å². The van der Waals surface area contributed by atoms with Crippen molar-refractivity contribution in [2.24, 2.45) is 0 Å². The van der Waals surface area contributed by atoms with Crippen molar-refractivity contribution in [3.63, 3.8) is 0 Å². The van der Waals surface area contributed by atoms with Crippen molar-refractivity contribution in [3.8, 4) is 0 Å². The number of rotatable bonds is 4. The standard InChI is InChI=1S/C15H16NO2/c1-18-15(17)12-16-10-6-5-9-14(16)11-13-7-3-2-4-8-13/h2-10H,11-12H2,1H3/q+1. The molecule has 0 bridgehead atoms. The molecule has 1 heterocycles. The third-order valence-corrected chi connectivity index (χ3v) is 2.79. The summed E-state index contributed by atoms with van der Waals surface area (Å²) in [5.41, 5.74) is 2.32. The Kier molecular flexibility index (Phi) is 4.07. The van der Waals surface area contributed by atoms with Crippen LogP contribution in [0.1, 0.15) is 11.3 Å². The summed E-state index contributed by atoms with van der Waals surface area (Å²) in [4.78, 5) is 11.3. The fourth-order valence-electron chi connectivity index (χ4n) is 1.84. The number of ether oxygens (including phenoxy) is 1. The molecular formula is C15H16NO2+. The largest absolute Gasteiger partial charge is 0.464 e. The number of benzene rings is 1. The number of pyridine rings is 1. The van der Waals surface area contributed by atoms with Crippen LogP contribution in [0.25, 0.3) is 0 Å². The minimum Gasteiger partial charge on any atom is -0.464 e. The molecule has 2 aromatic rings. The molecule has 1 aromatic heterocycles. The molecule has 3 nitrogen and oxygen atoms in total. The predicted octanol–water partition coefficient (Wildman–Crippen LogP) is 1.74. The molecule has 18 heavy (non-hydrogen) atoms. The zero-order chi connectivity index (χ0) is 12.8. The van der Waals surface area contributed by atoms with Gasteiger partial charge >= 0.3 is 5.97 Å². The lowest BCUT2D eigenvalue weighted by Gasteiger charge is -2.03. The van der Waals surface area contributed by atoms with Crippen molar-refractivity contribution in [3.05, 3.63) is 66.0 Å². The molecule has 0 radical (unpaired) electrons. The summed E-state index contributed by atoms with van der Waals surface area (Å²) in [5, 5.41) is 0. The molecule has 0 aliphatic rings. The summed E-state index contributed by atoms with van der Waals surface area (Å²) in [6.45, 7) is 0.250. The first-order chi connectivity index (χ1) is 8.79. The fraction of sp³-hybridized carbons (Fsp3) is 0.200. The third-order valence-electron chi connectivity index (χ3n) is 2.79. The summed E-state index contributed by atoms with van der Waals surface area (Å²) in [6.07, 6.45) is 2.70. The normalized spacial score (nSPS) is 10.1. The second-order valence-electron chi connectivity index (χ2n) is 4.06. The maximum Gasteiger partial charge on any atom is 0.372 e. The fourth-order valence-corrected chi connectivity index (χ4v) is 1.84. The van der Waals surface area contributed by atoms with Gasteiger partial charge in [0.05, 0.1) is 13.5 Å². The molecule has 0 spiro atoms. The van der Waals surface area contributed by atoms with E-state index in [9.17, 15) is 4.79 Å². The van der Waals surface area contributed by atoms with Gasteiger partial charge in [0, 0.05) is 12.1 Å². The summed E-state index contributed by atoms with van der Waals surface area (Å²) in [6, 6.07) is 16.1. The summed E-state index contributed by atoms with van der Waals surface area (Å²) >= 11 is 0. The highest BCUT2D eigenvalue weighted by molar-refractivity contribution is 5.67. The first kappa shape index (κ1) is 12.3. The van der Waals surface area contributed by atoms with Crippen LogP contribution in [0.5, 0.6) is 0 Å². The molecule has 0 aliphatic carbocycles. The molecule has 0 atom stereocenters. The number of carbonyl (C=O) groups is 1. The molecule has 0 aliphatic heterocycles. The SMILES string of the molecule is COC(=O)C[n+]1ccccc1Cc1ccccc1. The van der Waals surface area contributed by atoms with Gasteiger partial charge in [-0.25, -0.2) is 4.79 Å².